The summed E-state index contributed by atoms with van der Waals surface area (Å²) >= 11 is 2.06. The van der Waals surface area contributed by atoms with Gasteiger partial charge in [0, 0.05) is 29.5 Å². The second-order valence-corrected chi connectivity index (χ2v) is 7.04. The average molecular weight is 411 g/mol. The third-order valence-corrected chi connectivity index (χ3v) is 5.00. The number of nitrogen functional groups attached to an aromatic ring is 1. The molecule has 3 aromatic rings. The third-order valence-electron chi connectivity index (χ3n) is 3.32. The fourth-order valence-electron chi connectivity index (χ4n) is 2.12. The van der Waals surface area contributed by atoms with Crippen molar-refractivity contribution in [1.29, 1.82) is 0 Å². The zero-order valence-electron chi connectivity index (χ0n) is 13.5. The van der Waals surface area contributed by atoms with Crippen molar-refractivity contribution in [2.75, 3.05) is 16.8 Å². The Bertz CT molecular complexity index is 933. The van der Waals surface area contributed by atoms with Gasteiger partial charge in [-0.1, -0.05) is 11.8 Å². The summed E-state index contributed by atoms with van der Waals surface area (Å²) in [4.78, 5) is 23.9. The Morgan fingerprint density at radius 2 is 2.00 bits per heavy atom. The molecule has 140 valence electrons. The lowest BCUT2D eigenvalue weighted by molar-refractivity contribution is -0.137. The molecule has 0 aromatic carbocycles. The first-order valence-corrected chi connectivity index (χ1v) is 9.31. The second kappa shape index (κ2) is 7.92. The van der Waals surface area contributed by atoms with Gasteiger partial charge in [0.05, 0.1) is 22.7 Å². The van der Waals surface area contributed by atoms with E-state index in [2.05, 4.69) is 20.3 Å². The van der Waals surface area contributed by atoms with Gasteiger partial charge in [-0.05, 0) is 18.2 Å². The Morgan fingerprint density at radius 1 is 1.26 bits per heavy atom. The highest BCUT2D eigenvalue weighted by Crippen LogP contribution is 2.39. The van der Waals surface area contributed by atoms with E-state index >= 15 is 0 Å². The molecular weight excluding hydrogens is 399 g/mol. The van der Waals surface area contributed by atoms with E-state index in [0.29, 0.717) is 10.7 Å². The van der Waals surface area contributed by atoms with Gasteiger partial charge in [0.1, 0.15) is 5.03 Å². The van der Waals surface area contributed by atoms with E-state index in [1.807, 2.05) is 0 Å². The molecular formula is C16H12F3N5OS2. The molecule has 3 aromatic heterocycles. The number of pyridine rings is 2. The normalized spacial score (nSPS) is 11.4. The van der Waals surface area contributed by atoms with Crippen molar-refractivity contribution < 1.29 is 18.0 Å². The SMILES string of the molecule is Nc1c(C(F)(F)F)cc(-c2ccncc2)nc1SCC(=O)Nc1nccs1. The minimum absolute atomic E-state index is 0.0640. The van der Waals surface area contributed by atoms with Gasteiger partial charge in [0.2, 0.25) is 5.91 Å². The molecule has 0 unspecified atom stereocenters. The summed E-state index contributed by atoms with van der Waals surface area (Å²) in [5.41, 5.74) is 4.74. The molecule has 11 heteroatoms. The number of nitrogens with one attached hydrogen (secondary N) is 1. The minimum atomic E-state index is -4.65. The van der Waals surface area contributed by atoms with Gasteiger partial charge in [-0.3, -0.25) is 9.78 Å². The fourth-order valence-corrected chi connectivity index (χ4v) is 3.43. The number of amides is 1. The Hall–Kier alpha value is -2.66. The lowest BCUT2D eigenvalue weighted by atomic mass is 10.1. The van der Waals surface area contributed by atoms with Crippen LogP contribution in [-0.2, 0) is 11.0 Å². The van der Waals surface area contributed by atoms with Crippen LogP contribution in [-0.4, -0.2) is 26.6 Å². The van der Waals surface area contributed by atoms with Gasteiger partial charge < -0.3 is 11.1 Å². The van der Waals surface area contributed by atoms with Crippen LogP contribution in [0.4, 0.5) is 24.0 Å². The quantitative estimate of drug-likeness (QED) is 0.618. The highest BCUT2D eigenvalue weighted by Gasteiger charge is 2.35. The third kappa shape index (κ3) is 4.74. The van der Waals surface area contributed by atoms with Crippen LogP contribution in [0.25, 0.3) is 11.3 Å². The predicted octanol–water partition coefficient (Wildman–Crippen LogP) is 3.93. The van der Waals surface area contributed by atoms with Crippen LogP contribution in [0.3, 0.4) is 0 Å². The number of halogens is 3. The van der Waals surface area contributed by atoms with Crippen molar-refractivity contribution >= 4 is 39.8 Å². The fraction of sp³-hybridized carbons (Fsp3) is 0.125. The highest BCUT2D eigenvalue weighted by atomic mass is 32.2. The zero-order valence-corrected chi connectivity index (χ0v) is 15.2. The summed E-state index contributed by atoms with van der Waals surface area (Å²) in [5.74, 6) is -0.576. The number of rotatable bonds is 5. The number of anilines is 2. The van der Waals surface area contributed by atoms with Crippen LogP contribution in [0.5, 0.6) is 0 Å². The minimum Gasteiger partial charge on any atom is -0.396 e. The number of thiazole rings is 1. The molecule has 0 saturated carbocycles. The number of hydrogen-bond donors (Lipinski definition) is 2. The molecule has 0 spiro atoms. The van der Waals surface area contributed by atoms with Gasteiger partial charge in [-0.25, -0.2) is 9.97 Å². The predicted molar refractivity (Wildman–Crippen MR) is 98.4 cm³/mol. The molecule has 0 aliphatic heterocycles. The van der Waals surface area contributed by atoms with Gasteiger partial charge in [0.25, 0.3) is 0 Å². The molecule has 0 aliphatic rings. The molecule has 6 nitrogen and oxygen atoms in total. The van der Waals surface area contributed by atoms with Crippen molar-refractivity contribution in [3.05, 3.63) is 47.7 Å². The van der Waals surface area contributed by atoms with E-state index < -0.39 is 23.3 Å². The molecule has 27 heavy (non-hydrogen) atoms. The molecule has 0 saturated heterocycles. The van der Waals surface area contributed by atoms with Crippen LogP contribution < -0.4 is 11.1 Å². The summed E-state index contributed by atoms with van der Waals surface area (Å²) in [6.45, 7) is 0. The molecule has 0 bridgehead atoms. The Balaban J connectivity index is 1.88. The molecule has 0 fully saturated rings. The number of carbonyl (C=O) groups is 1. The monoisotopic (exact) mass is 411 g/mol. The molecule has 3 N–H and O–H groups in total. The van der Waals surface area contributed by atoms with Gasteiger partial charge in [0.15, 0.2) is 5.13 Å². The Morgan fingerprint density at radius 3 is 2.63 bits per heavy atom. The molecule has 3 heterocycles. The number of thioether (sulfide) groups is 1. The summed E-state index contributed by atoms with van der Waals surface area (Å²) in [5, 5.41) is 4.58. The Labute approximate surface area is 160 Å². The largest absolute Gasteiger partial charge is 0.418 e. The van der Waals surface area contributed by atoms with E-state index in [1.165, 1.54) is 29.9 Å². The van der Waals surface area contributed by atoms with Crippen LogP contribution in [0.1, 0.15) is 5.56 Å². The number of nitrogens with two attached hydrogens (primary N) is 1. The van der Waals surface area contributed by atoms with Crippen molar-refractivity contribution in [2.24, 2.45) is 0 Å². The van der Waals surface area contributed by atoms with E-state index in [4.69, 9.17) is 5.73 Å². The van der Waals surface area contributed by atoms with Crippen molar-refractivity contribution in [2.45, 2.75) is 11.2 Å². The van der Waals surface area contributed by atoms with E-state index in [-0.39, 0.29) is 16.5 Å². The van der Waals surface area contributed by atoms with E-state index in [9.17, 15) is 18.0 Å². The smallest absolute Gasteiger partial charge is 0.396 e. The first-order chi connectivity index (χ1) is 12.8. The highest BCUT2D eigenvalue weighted by molar-refractivity contribution is 8.00. The van der Waals surface area contributed by atoms with Gasteiger partial charge >= 0.3 is 6.18 Å². The van der Waals surface area contributed by atoms with Crippen LogP contribution in [0.15, 0.2) is 47.2 Å². The number of hydrogen-bond acceptors (Lipinski definition) is 7. The molecule has 0 atom stereocenters. The zero-order chi connectivity index (χ0) is 19.4. The van der Waals surface area contributed by atoms with Gasteiger partial charge in [-0.15, -0.1) is 11.3 Å². The molecule has 3 rings (SSSR count). The maximum absolute atomic E-state index is 13.4. The maximum atomic E-state index is 13.4. The summed E-state index contributed by atoms with van der Waals surface area (Å²) in [7, 11) is 0. The van der Waals surface area contributed by atoms with E-state index in [0.717, 1.165) is 17.8 Å². The lowest BCUT2D eigenvalue weighted by Crippen LogP contribution is -2.15. The first kappa shape index (κ1) is 19.1. The summed E-state index contributed by atoms with van der Waals surface area (Å²) in [6.07, 6.45) is -0.210. The topological polar surface area (TPSA) is 93.8 Å². The van der Waals surface area contributed by atoms with Crippen molar-refractivity contribution in [3.8, 4) is 11.3 Å². The first-order valence-electron chi connectivity index (χ1n) is 7.45. The second-order valence-electron chi connectivity index (χ2n) is 5.18. The van der Waals surface area contributed by atoms with E-state index in [1.54, 1.807) is 17.5 Å². The number of aromatic nitrogens is 3. The Kier molecular flexibility index (Phi) is 5.61. The maximum Gasteiger partial charge on any atom is 0.418 e. The van der Waals surface area contributed by atoms with Crippen molar-refractivity contribution in [1.82, 2.24) is 15.0 Å². The summed E-state index contributed by atoms with van der Waals surface area (Å²) in [6, 6.07) is 3.98. The van der Waals surface area contributed by atoms with Crippen LogP contribution in [0.2, 0.25) is 0 Å². The lowest BCUT2D eigenvalue weighted by Gasteiger charge is -2.15. The molecule has 0 radical (unpaired) electrons. The standard InChI is InChI=1S/C16H12F3N5OS2/c17-16(18,19)10-7-11(9-1-3-21-4-2-9)23-14(13(10)20)27-8-12(25)24-15-22-5-6-26-15/h1-7H,8,20H2,(H,22,24,25). The average Bonchev–Trinajstić information content (AvgIpc) is 3.13. The van der Waals surface area contributed by atoms with Gasteiger partial charge in [-0.2, -0.15) is 13.2 Å². The summed E-state index contributed by atoms with van der Waals surface area (Å²) < 4.78 is 40.1. The number of nitrogens with zero attached hydrogens (tertiary/aromatic N) is 3. The molecule has 0 aliphatic carbocycles. The number of alkyl halides is 3. The van der Waals surface area contributed by atoms with Crippen LogP contribution >= 0.6 is 23.1 Å². The van der Waals surface area contributed by atoms with Crippen molar-refractivity contribution in [3.63, 3.8) is 0 Å². The molecule has 1 amide bonds. The number of carbonyl (C=O) groups excluding carboxylic acids is 1. The van der Waals surface area contributed by atoms with Crippen LogP contribution in [0, 0.1) is 0 Å².